The van der Waals surface area contributed by atoms with Crippen LogP contribution in [0, 0.1) is 0 Å². The summed E-state index contributed by atoms with van der Waals surface area (Å²) < 4.78 is 36.8. The van der Waals surface area contributed by atoms with Gasteiger partial charge in [-0.1, -0.05) is 15.9 Å². The Balaban J connectivity index is 2.36. The van der Waals surface area contributed by atoms with Crippen LogP contribution >= 0.6 is 15.9 Å². The highest BCUT2D eigenvalue weighted by atomic mass is 79.9. The molecule has 0 aromatic rings. The van der Waals surface area contributed by atoms with Gasteiger partial charge < -0.3 is 9.80 Å². The van der Waals surface area contributed by atoms with Gasteiger partial charge in [-0.3, -0.25) is 0 Å². The van der Waals surface area contributed by atoms with Gasteiger partial charge in [-0.25, -0.2) is 0 Å². The molecule has 0 aliphatic carbocycles. The maximum atomic E-state index is 12.3. The van der Waals surface area contributed by atoms with E-state index >= 15 is 0 Å². The molecule has 1 saturated heterocycles. The predicted molar refractivity (Wildman–Crippen MR) is 57.3 cm³/mol. The highest BCUT2D eigenvalue weighted by molar-refractivity contribution is 9.09. The first-order chi connectivity index (χ1) is 6.80. The average molecular weight is 289 g/mol. The molecule has 0 N–H and O–H groups in total. The van der Waals surface area contributed by atoms with Crippen molar-refractivity contribution in [2.75, 3.05) is 33.7 Å². The lowest BCUT2D eigenvalue weighted by Gasteiger charge is -2.23. The molecule has 6 heteroatoms. The molecule has 15 heavy (non-hydrogen) atoms. The van der Waals surface area contributed by atoms with Crippen molar-refractivity contribution in [1.82, 2.24) is 9.80 Å². The molecule has 0 saturated carbocycles. The van der Waals surface area contributed by atoms with Crippen LogP contribution in [0.1, 0.15) is 6.42 Å². The maximum absolute atomic E-state index is 12.3. The summed E-state index contributed by atoms with van der Waals surface area (Å²) in [5, 5.41) is 0. The summed E-state index contributed by atoms with van der Waals surface area (Å²) in [5.41, 5.74) is 0. The van der Waals surface area contributed by atoms with Gasteiger partial charge in [0.2, 0.25) is 0 Å². The van der Waals surface area contributed by atoms with E-state index in [0.717, 1.165) is 19.5 Å². The van der Waals surface area contributed by atoms with Crippen molar-refractivity contribution < 1.29 is 13.2 Å². The zero-order chi connectivity index (χ0) is 11.6. The number of likely N-dealkylation sites (tertiary alicyclic amines) is 1. The standard InChI is InChI=1S/C9H16BrF3N2/c1-14(2)7-3-4-15(5-7)6-8(10)9(11,12)13/h7-8H,3-6H2,1-2H3. The summed E-state index contributed by atoms with van der Waals surface area (Å²) in [5.74, 6) is 0. The predicted octanol–water partition coefficient (Wildman–Crippen LogP) is 1.95. The molecule has 0 aromatic carbocycles. The van der Waals surface area contributed by atoms with Crippen LogP contribution in [-0.4, -0.2) is 60.6 Å². The molecule has 0 radical (unpaired) electrons. The molecule has 2 atom stereocenters. The number of hydrogen-bond acceptors (Lipinski definition) is 2. The SMILES string of the molecule is CN(C)C1CCN(CC(Br)C(F)(F)F)C1. The van der Waals surface area contributed by atoms with Crippen LogP contribution in [0.2, 0.25) is 0 Å². The normalized spacial score (nSPS) is 26.2. The van der Waals surface area contributed by atoms with Gasteiger partial charge in [0.05, 0.1) is 0 Å². The summed E-state index contributed by atoms with van der Waals surface area (Å²) in [7, 11) is 3.92. The van der Waals surface area contributed by atoms with Crippen LogP contribution in [-0.2, 0) is 0 Å². The second kappa shape index (κ2) is 5.01. The summed E-state index contributed by atoms with van der Waals surface area (Å²) in [6.45, 7) is 1.53. The Labute approximate surface area is 96.5 Å². The second-order valence-electron chi connectivity index (χ2n) is 4.17. The van der Waals surface area contributed by atoms with Gasteiger partial charge in [0, 0.05) is 19.1 Å². The topological polar surface area (TPSA) is 6.48 Å². The number of hydrogen-bond donors (Lipinski definition) is 0. The van der Waals surface area contributed by atoms with Crippen LogP contribution in [0.25, 0.3) is 0 Å². The Kier molecular flexibility index (Phi) is 4.43. The minimum absolute atomic E-state index is 0.0494. The highest BCUT2D eigenvalue weighted by Crippen LogP contribution is 2.28. The first-order valence-corrected chi connectivity index (χ1v) is 5.82. The summed E-state index contributed by atoms with van der Waals surface area (Å²) in [6.07, 6.45) is -3.19. The van der Waals surface area contributed by atoms with Gasteiger partial charge in [-0.15, -0.1) is 0 Å². The highest BCUT2D eigenvalue weighted by Gasteiger charge is 2.39. The molecule has 2 unspecified atom stereocenters. The lowest BCUT2D eigenvalue weighted by atomic mass is 10.2. The zero-order valence-electron chi connectivity index (χ0n) is 8.89. The van der Waals surface area contributed by atoms with Crippen LogP contribution in [0.4, 0.5) is 13.2 Å². The van der Waals surface area contributed by atoms with Crippen molar-refractivity contribution in [2.45, 2.75) is 23.5 Å². The minimum atomic E-state index is -4.14. The average Bonchev–Trinajstić information content (AvgIpc) is 2.50. The van der Waals surface area contributed by atoms with Crippen molar-refractivity contribution in [3.8, 4) is 0 Å². The van der Waals surface area contributed by atoms with Crippen LogP contribution in [0.15, 0.2) is 0 Å². The van der Waals surface area contributed by atoms with E-state index in [-0.39, 0.29) is 6.54 Å². The van der Waals surface area contributed by atoms with Gasteiger partial charge >= 0.3 is 6.18 Å². The Morgan fingerprint density at radius 2 is 2.07 bits per heavy atom. The Morgan fingerprint density at radius 3 is 2.47 bits per heavy atom. The Hall–Kier alpha value is 0.190. The van der Waals surface area contributed by atoms with Gasteiger partial charge in [0.15, 0.2) is 0 Å². The van der Waals surface area contributed by atoms with E-state index in [1.165, 1.54) is 0 Å². The summed E-state index contributed by atoms with van der Waals surface area (Å²) in [6, 6.07) is 0.387. The molecule has 0 amide bonds. The van der Waals surface area contributed by atoms with E-state index in [9.17, 15) is 13.2 Å². The second-order valence-corrected chi connectivity index (χ2v) is 5.28. The number of rotatable bonds is 3. The Bertz CT molecular complexity index is 208. The molecular formula is C9H16BrF3N2. The molecule has 2 nitrogen and oxygen atoms in total. The van der Waals surface area contributed by atoms with Crippen molar-refractivity contribution in [3.63, 3.8) is 0 Å². The largest absolute Gasteiger partial charge is 0.402 e. The van der Waals surface area contributed by atoms with Gasteiger partial charge in [-0.2, -0.15) is 13.2 Å². The fourth-order valence-corrected chi connectivity index (χ4v) is 2.14. The maximum Gasteiger partial charge on any atom is 0.402 e. The van der Waals surface area contributed by atoms with Crippen molar-refractivity contribution in [2.24, 2.45) is 0 Å². The molecule has 1 aliphatic heterocycles. The van der Waals surface area contributed by atoms with E-state index in [1.807, 2.05) is 19.0 Å². The third-order valence-electron chi connectivity index (χ3n) is 2.75. The van der Waals surface area contributed by atoms with E-state index in [4.69, 9.17) is 0 Å². The van der Waals surface area contributed by atoms with Gasteiger partial charge in [0.1, 0.15) is 4.83 Å². The van der Waals surface area contributed by atoms with Gasteiger partial charge in [0.25, 0.3) is 0 Å². The van der Waals surface area contributed by atoms with Crippen molar-refractivity contribution in [1.29, 1.82) is 0 Å². The third-order valence-corrected chi connectivity index (χ3v) is 3.56. The molecule has 90 valence electrons. The molecule has 0 spiro atoms. The molecule has 1 aliphatic rings. The van der Waals surface area contributed by atoms with Crippen LogP contribution < -0.4 is 0 Å². The number of halogens is 4. The number of nitrogens with zero attached hydrogens (tertiary/aromatic N) is 2. The molecule has 1 fully saturated rings. The molecular weight excluding hydrogens is 273 g/mol. The monoisotopic (exact) mass is 288 g/mol. The van der Waals surface area contributed by atoms with E-state index in [2.05, 4.69) is 20.8 Å². The summed E-state index contributed by atoms with van der Waals surface area (Å²) in [4.78, 5) is 2.51. The first-order valence-electron chi connectivity index (χ1n) is 4.90. The van der Waals surface area contributed by atoms with Crippen molar-refractivity contribution in [3.05, 3.63) is 0 Å². The fraction of sp³-hybridized carbons (Fsp3) is 1.00. The molecule has 0 aromatic heterocycles. The quantitative estimate of drug-likeness (QED) is 0.733. The fourth-order valence-electron chi connectivity index (χ4n) is 1.73. The minimum Gasteiger partial charge on any atom is -0.305 e. The van der Waals surface area contributed by atoms with Crippen LogP contribution in [0.3, 0.4) is 0 Å². The lowest BCUT2D eigenvalue weighted by Crippen LogP contribution is -2.38. The van der Waals surface area contributed by atoms with E-state index in [0.29, 0.717) is 6.04 Å². The van der Waals surface area contributed by atoms with Crippen LogP contribution in [0.5, 0.6) is 0 Å². The lowest BCUT2D eigenvalue weighted by molar-refractivity contribution is -0.130. The number of likely N-dealkylation sites (N-methyl/N-ethyl adjacent to an activating group) is 1. The molecule has 1 heterocycles. The Morgan fingerprint density at radius 1 is 1.47 bits per heavy atom. The third kappa shape index (κ3) is 3.92. The van der Waals surface area contributed by atoms with Crippen molar-refractivity contribution >= 4 is 15.9 Å². The summed E-state index contributed by atoms with van der Waals surface area (Å²) >= 11 is 2.69. The smallest absolute Gasteiger partial charge is 0.305 e. The van der Waals surface area contributed by atoms with Gasteiger partial charge in [-0.05, 0) is 27.1 Å². The first kappa shape index (κ1) is 13.3. The van der Waals surface area contributed by atoms with E-state index < -0.39 is 11.0 Å². The zero-order valence-corrected chi connectivity index (χ0v) is 10.5. The number of alkyl halides is 4. The van der Waals surface area contributed by atoms with E-state index in [1.54, 1.807) is 0 Å². The molecule has 0 bridgehead atoms. The molecule has 1 rings (SSSR count).